The Hall–Kier alpha value is -8.99. The Morgan fingerprint density at radius 1 is 0.279 bits per heavy atom. The number of hydrogen-bond acceptors (Lipinski definition) is 4. The first kappa shape index (κ1) is 38.3. The minimum atomic E-state index is -0.379. The van der Waals surface area contributed by atoms with Crippen LogP contribution in [-0.4, -0.2) is 15.0 Å². The molecule has 0 amide bonds. The van der Waals surface area contributed by atoms with Crippen molar-refractivity contribution in [2.24, 2.45) is 0 Å². The first-order chi connectivity index (χ1) is 33.7. The molecule has 2 aromatic heterocycles. The Morgan fingerprint density at radius 3 is 1.49 bits per heavy atom. The molecule has 2 aliphatic carbocycles. The Bertz CT molecular complexity index is 3920. The third-order valence-corrected chi connectivity index (χ3v) is 14.2. The molecule has 0 N–H and O–H groups in total. The second kappa shape index (κ2) is 15.0. The van der Waals surface area contributed by atoms with Gasteiger partial charge in [0, 0.05) is 27.5 Å². The third kappa shape index (κ3) is 5.71. The Morgan fingerprint density at radius 2 is 0.750 bits per heavy atom. The van der Waals surface area contributed by atoms with Crippen molar-refractivity contribution in [1.29, 1.82) is 0 Å². The van der Waals surface area contributed by atoms with E-state index >= 15 is 0 Å². The van der Waals surface area contributed by atoms with Crippen LogP contribution < -0.4 is 0 Å². The lowest BCUT2D eigenvalue weighted by Gasteiger charge is -2.30. The minimum absolute atomic E-state index is 0.379. The molecule has 0 aliphatic heterocycles. The zero-order valence-corrected chi connectivity index (χ0v) is 36.8. The average molecular weight is 866 g/mol. The zero-order valence-electron chi connectivity index (χ0n) is 36.8. The van der Waals surface area contributed by atoms with Gasteiger partial charge in [0.15, 0.2) is 17.5 Å². The molecule has 0 unspecified atom stereocenters. The number of furan rings is 1. The predicted molar refractivity (Wildman–Crippen MR) is 276 cm³/mol. The van der Waals surface area contributed by atoms with E-state index in [-0.39, 0.29) is 5.41 Å². The molecule has 0 bridgehead atoms. The van der Waals surface area contributed by atoms with Gasteiger partial charge in [-0.05, 0) is 102 Å². The van der Waals surface area contributed by atoms with E-state index in [2.05, 4.69) is 188 Å². The summed E-state index contributed by atoms with van der Waals surface area (Å²) in [6, 6.07) is 84.5. The predicted octanol–water partition coefficient (Wildman–Crippen LogP) is 16.1. The van der Waals surface area contributed by atoms with Crippen molar-refractivity contribution < 1.29 is 4.42 Å². The van der Waals surface area contributed by atoms with Gasteiger partial charge >= 0.3 is 0 Å². The lowest BCUT2D eigenvalue weighted by molar-refractivity contribution is 0.669. The fraction of sp³-hybridized carbons (Fsp3) is 0.0156. The van der Waals surface area contributed by atoms with Gasteiger partial charge in [0.2, 0.25) is 0 Å². The van der Waals surface area contributed by atoms with Crippen LogP contribution >= 0.6 is 0 Å². The van der Waals surface area contributed by atoms with E-state index in [0.29, 0.717) is 17.5 Å². The molecule has 0 atom stereocenters. The van der Waals surface area contributed by atoms with Gasteiger partial charge < -0.3 is 4.42 Å². The van der Waals surface area contributed by atoms with Crippen LogP contribution in [0.25, 0.3) is 112 Å². The summed E-state index contributed by atoms with van der Waals surface area (Å²) in [5, 5.41) is 1.98. The molecule has 0 radical (unpaired) electrons. The fourth-order valence-electron chi connectivity index (χ4n) is 11.2. The summed E-state index contributed by atoms with van der Waals surface area (Å²) in [4.78, 5) is 15.4. The second-order valence-electron chi connectivity index (χ2n) is 17.8. The summed E-state index contributed by atoms with van der Waals surface area (Å²) in [7, 11) is 0. The lowest BCUT2D eigenvalue weighted by Crippen LogP contribution is -2.25. The molecule has 68 heavy (non-hydrogen) atoms. The number of rotatable bonds is 6. The molecule has 0 fully saturated rings. The van der Waals surface area contributed by atoms with Crippen LogP contribution in [-0.2, 0) is 5.41 Å². The molecule has 14 rings (SSSR count). The minimum Gasteiger partial charge on any atom is -0.456 e. The summed E-state index contributed by atoms with van der Waals surface area (Å²) in [5.41, 5.74) is 21.4. The lowest BCUT2D eigenvalue weighted by atomic mass is 9.70. The van der Waals surface area contributed by atoms with Gasteiger partial charge in [-0.15, -0.1) is 0 Å². The monoisotopic (exact) mass is 865 g/mol. The molecular formula is C64H39N3O. The quantitative estimate of drug-likeness (QED) is 0.167. The summed E-state index contributed by atoms with van der Waals surface area (Å²) in [6.45, 7) is 0. The molecule has 2 heterocycles. The van der Waals surface area contributed by atoms with E-state index in [0.717, 1.165) is 60.9 Å². The van der Waals surface area contributed by atoms with E-state index in [9.17, 15) is 0 Å². The van der Waals surface area contributed by atoms with Gasteiger partial charge in [-0.1, -0.05) is 212 Å². The largest absolute Gasteiger partial charge is 0.456 e. The molecule has 12 aromatic rings. The van der Waals surface area contributed by atoms with Gasteiger partial charge in [-0.25, -0.2) is 15.0 Å². The van der Waals surface area contributed by atoms with E-state index in [1.54, 1.807) is 0 Å². The van der Waals surface area contributed by atoms with Crippen LogP contribution in [0.4, 0.5) is 0 Å². The van der Waals surface area contributed by atoms with Crippen LogP contribution in [0.3, 0.4) is 0 Å². The summed E-state index contributed by atoms with van der Waals surface area (Å²) >= 11 is 0. The van der Waals surface area contributed by atoms with E-state index in [4.69, 9.17) is 19.4 Å². The van der Waals surface area contributed by atoms with Crippen LogP contribution in [0.2, 0.25) is 0 Å². The van der Waals surface area contributed by atoms with Crippen molar-refractivity contribution in [2.75, 3.05) is 0 Å². The van der Waals surface area contributed by atoms with Crippen molar-refractivity contribution in [3.8, 4) is 89.8 Å². The molecule has 1 spiro atoms. The standard InChI is InChI=1S/C64H39N3O/c1-3-16-40(17-4-1)44-20-13-21-46(38-44)62-65-61(43-18-5-2-6-19-43)66-63(67-62)51-26-15-31-58-60(51)52-39-45(36-37-57(52)68-58)41-32-34-42(35-33-41)47-25-14-30-56-59(47)50-24-9-12-29-55(50)64(56)53-27-10-7-22-48(53)49-23-8-11-28-54(49)64/h1-39H. The van der Waals surface area contributed by atoms with Gasteiger partial charge in [-0.3, -0.25) is 0 Å². The SMILES string of the molecule is c1ccc(-c2cccc(-c3nc(-c4ccccc4)nc(-c4cccc5oc6ccc(-c7ccc(-c8cccc9c8-c8ccccc8C98c9ccccc9-c9ccccc98)cc7)cc6c45)n3)c2)cc1. The number of nitrogens with zero attached hydrogens (tertiary/aromatic N) is 3. The van der Waals surface area contributed by atoms with Crippen molar-refractivity contribution >= 4 is 21.9 Å². The smallest absolute Gasteiger partial charge is 0.164 e. The molecule has 4 nitrogen and oxygen atoms in total. The van der Waals surface area contributed by atoms with Crippen LogP contribution in [0.15, 0.2) is 241 Å². The average Bonchev–Trinajstić information content (AvgIpc) is 4.05. The number of hydrogen-bond donors (Lipinski definition) is 0. The Balaban J connectivity index is 0.877. The van der Waals surface area contributed by atoms with Crippen molar-refractivity contribution in [3.63, 3.8) is 0 Å². The first-order valence-corrected chi connectivity index (χ1v) is 23.2. The molecular weight excluding hydrogens is 827 g/mol. The molecule has 4 heteroatoms. The van der Waals surface area contributed by atoms with Crippen molar-refractivity contribution in [1.82, 2.24) is 15.0 Å². The number of fused-ring (bicyclic) bond motifs is 13. The second-order valence-corrected chi connectivity index (χ2v) is 17.8. The number of aromatic nitrogens is 3. The molecule has 10 aromatic carbocycles. The molecule has 0 saturated heterocycles. The molecule has 316 valence electrons. The third-order valence-electron chi connectivity index (χ3n) is 14.2. The highest BCUT2D eigenvalue weighted by molar-refractivity contribution is 6.13. The summed E-state index contributed by atoms with van der Waals surface area (Å²) < 4.78 is 6.56. The van der Waals surface area contributed by atoms with Crippen LogP contribution in [0.1, 0.15) is 22.3 Å². The number of benzene rings is 10. The van der Waals surface area contributed by atoms with Crippen molar-refractivity contribution in [3.05, 3.63) is 259 Å². The van der Waals surface area contributed by atoms with Gasteiger partial charge in [0.25, 0.3) is 0 Å². The summed E-state index contributed by atoms with van der Waals surface area (Å²) in [5.74, 6) is 1.81. The highest BCUT2D eigenvalue weighted by atomic mass is 16.3. The highest BCUT2D eigenvalue weighted by Crippen LogP contribution is 2.64. The Labute approximate surface area is 393 Å². The van der Waals surface area contributed by atoms with Gasteiger partial charge in [0.1, 0.15) is 11.2 Å². The topological polar surface area (TPSA) is 51.8 Å². The molecule has 2 aliphatic rings. The normalized spacial score (nSPS) is 12.8. The van der Waals surface area contributed by atoms with E-state index < -0.39 is 0 Å². The zero-order chi connectivity index (χ0) is 44.8. The maximum Gasteiger partial charge on any atom is 0.164 e. The van der Waals surface area contributed by atoms with Crippen LogP contribution in [0, 0.1) is 0 Å². The maximum atomic E-state index is 6.56. The first-order valence-electron chi connectivity index (χ1n) is 23.2. The highest BCUT2D eigenvalue weighted by Gasteiger charge is 2.51. The van der Waals surface area contributed by atoms with Crippen LogP contribution in [0.5, 0.6) is 0 Å². The maximum absolute atomic E-state index is 6.56. The van der Waals surface area contributed by atoms with Gasteiger partial charge in [-0.2, -0.15) is 0 Å². The van der Waals surface area contributed by atoms with E-state index in [1.165, 1.54) is 55.6 Å². The van der Waals surface area contributed by atoms with Crippen molar-refractivity contribution in [2.45, 2.75) is 5.41 Å². The van der Waals surface area contributed by atoms with Gasteiger partial charge in [0.05, 0.1) is 5.41 Å². The molecule has 0 saturated carbocycles. The fourth-order valence-corrected chi connectivity index (χ4v) is 11.2. The van der Waals surface area contributed by atoms with E-state index in [1.807, 2.05) is 48.5 Å². The Kier molecular flexibility index (Phi) is 8.46. The summed E-state index contributed by atoms with van der Waals surface area (Å²) in [6.07, 6.45) is 0.